The Morgan fingerprint density at radius 2 is 1.67 bits per heavy atom. The predicted octanol–water partition coefficient (Wildman–Crippen LogP) is 1.78. The molecule has 0 saturated carbocycles. The molecule has 0 saturated heterocycles. The maximum absolute atomic E-state index is 5.51. The van der Waals surface area contributed by atoms with Crippen LogP contribution in [0, 0.1) is 6.92 Å². The van der Waals surface area contributed by atoms with Crippen molar-refractivity contribution >= 4 is 23.7 Å². The number of hydrogen-bond donors (Lipinski definition) is 2. The van der Waals surface area contributed by atoms with Crippen molar-refractivity contribution in [2.45, 2.75) is 18.4 Å². The summed E-state index contributed by atoms with van der Waals surface area (Å²) < 4.78 is 0. The summed E-state index contributed by atoms with van der Waals surface area (Å²) in [5.74, 6) is 2.56. The van der Waals surface area contributed by atoms with Crippen LogP contribution < -0.4 is 11.5 Å². The van der Waals surface area contributed by atoms with Gasteiger partial charge in [0.15, 0.2) is 0 Å². The van der Waals surface area contributed by atoms with Crippen LogP contribution in [0.1, 0.15) is 17.0 Å². The van der Waals surface area contributed by atoms with E-state index in [-0.39, 0.29) is 11.9 Å². The van der Waals surface area contributed by atoms with Crippen LogP contribution in [0.4, 0.5) is 11.9 Å². The third kappa shape index (κ3) is 3.33. The Morgan fingerprint density at radius 3 is 2.33 bits per heavy atom. The van der Waals surface area contributed by atoms with Gasteiger partial charge in [0.05, 0.1) is 5.75 Å². The second-order valence-electron chi connectivity index (χ2n) is 3.89. The lowest BCUT2D eigenvalue weighted by atomic mass is 10.1. The summed E-state index contributed by atoms with van der Waals surface area (Å²) in [6, 6.07) is 8.31. The summed E-state index contributed by atoms with van der Waals surface area (Å²) in [4.78, 5) is 11.8. The summed E-state index contributed by atoms with van der Waals surface area (Å²) >= 11 is 1.73. The van der Waals surface area contributed by atoms with Crippen molar-refractivity contribution in [2.24, 2.45) is 0 Å². The zero-order valence-electron chi connectivity index (χ0n) is 10.1. The van der Waals surface area contributed by atoms with Crippen LogP contribution in [0.2, 0.25) is 0 Å². The van der Waals surface area contributed by atoms with Gasteiger partial charge in [0.1, 0.15) is 5.82 Å². The number of anilines is 2. The van der Waals surface area contributed by atoms with E-state index in [1.807, 2.05) is 12.1 Å². The highest BCUT2D eigenvalue weighted by Gasteiger charge is 2.03. The molecule has 2 aromatic rings. The Kier molecular flexibility index (Phi) is 3.99. The van der Waals surface area contributed by atoms with Gasteiger partial charge in [0.25, 0.3) is 0 Å². The van der Waals surface area contributed by atoms with Gasteiger partial charge in [0.2, 0.25) is 11.9 Å². The fourth-order valence-corrected chi connectivity index (χ4v) is 2.50. The highest BCUT2D eigenvalue weighted by Crippen LogP contribution is 2.18. The number of aryl methyl sites for hydroxylation is 1. The molecule has 0 atom stereocenters. The monoisotopic (exact) mass is 261 g/mol. The fourth-order valence-electron chi connectivity index (χ4n) is 1.55. The molecular formula is C12H15N5S. The Balaban J connectivity index is 1.94. The summed E-state index contributed by atoms with van der Waals surface area (Å²) in [7, 11) is 0. The van der Waals surface area contributed by atoms with Gasteiger partial charge >= 0.3 is 0 Å². The smallest absolute Gasteiger partial charge is 0.225 e. The molecule has 5 nitrogen and oxygen atoms in total. The van der Waals surface area contributed by atoms with Gasteiger partial charge < -0.3 is 11.5 Å². The maximum atomic E-state index is 5.51. The normalized spacial score (nSPS) is 10.5. The zero-order valence-corrected chi connectivity index (χ0v) is 10.9. The first-order chi connectivity index (χ1) is 8.65. The van der Waals surface area contributed by atoms with Crippen LogP contribution in [-0.2, 0) is 11.5 Å². The van der Waals surface area contributed by atoms with Crippen molar-refractivity contribution in [1.82, 2.24) is 15.0 Å². The van der Waals surface area contributed by atoms with E-state index in [4.69, 9.17) is 11.5 Å². The standard InChI is InChI=1S/C12H15N5S/c1-8-4-2-3-5-9(8)6-18-7-10-15-11(13)17-12(14)16-10/h2-5H,6-7H2,1H3,(H4,13,14,15,16,17). The average Bonchev–Trinajstić information content (AvgIpc) is 2.30. The van der Waals surface area contributed by atoms with Crippen molar-refractivity contribution in [3.8, 4) is 0 Å². The second-order valence-corrected chi connectivity index (χ2v) is 4.87. The Hall–Kier alpha value is -1.82. The first-order valence-electron chi connectivity index (χ1n) is 5.53. The molecule has 1 aromatic carbocycles. The first-order valence-corrected chi connectivity index (χ1v) is 6.69. The molecule has 1 aromatic heterocycles. The number of rotatable bonds is 4. The molecule has 0 spiro atoms. The maximum Gasteiger partial charge on any atom is 0.225 e. The van der Waals surface area contributed by atoms with Crippen molar-refractivity contribution in [3.63, 3.8) is 0 Å². The third-order valence-electron chi connectivity index (χ3n) is 2.47. The first kappa shape index (κ1) is 12.6. The van der Waals surface area contributed by atoms with E-state index in [1.165, 1.54) is 11.1 Å². The Labute approximate surface area is 110 Å². The van der Waals surface area contributed by atoms with Crippen LogP contribution in [-0.4, -0.2) is 15.0 Å². The van der Waals surface area contributed by atoms with Crippen LogP contribution in [0.3, 0.4) is 0 Å². The van der Waals surface area contributed by atoms with Crippen molar-refractivity contribution < 1.29 is 0 Å². The minimum atomic E-state index is 0.175. The molecule has 0 aliphatic rings. The van der Waals surface area contributed by atoms with E-state index in [2.05, 4.69) is 34.0 Å². The highest BCUT2D eigenvalue weighted by molar-refractivity contribution is 7.97. The molecule has 0 amide bonds. The van der Waals surface area contributed by atoms with E-state index in [0.717, 1.165) is 5.75 Å². The number of nitrogens with two attached hydrogens (primary N) is 2. The molecule has 0 fully saturated rings. The number of aromatic nitrogens is 3. The largest absolute Gasteiger partial charge is 0.368 e. The SMILES string of the molecule is Cc1ccccc1CSCc1nc(N)nc(N)n1. The average molecular weight is 261 g/mol. The van der Waals surface area contributed by atoms with E-state index >= 15 is 0 Å². The molecule has 18 heavy (non-hydrogen) atoms. The summed E-state index contributed by atoms with van der Waals surface area (Å²) in [6.07, 6.45) is 0. The van der Waals surface area contributed by atoms with Crippen LogP contribution in [0.15, 0.2) is 24.3 Å². The van der Waals surface area contributed by atoms with Crippen LogP contribution in [0.5, 0.6) is 0 Å². The van der Waals surface area contributed by atoms with E-state index < -0.39 is 0 Å². The lowest BCUT2D eigenvalue weighted by Crippen LogP contribution is -2.06. The molecule has 0 bridgehead atoms. The number of nitrogens with zero attached hydrogens (tertiary/aromatic N) is 3. The van der Waals surface area contributed by atoms with Crippen LogP contribution in [0.25, 0.3) is 0 Å². The zero-order chi connectivity index (χ0) is 13.0. The molecule has 0 radical (unpaired) electrons. The van der Waals surface area contributed by atoms with Gasteiger partial charge in [-0.2, -0.15) is 15.0 Å². The number of nitrogen functional groups attached to an aromatic ring is 2. The minimum Gasteiger partial charge on any atom is -0.368 e. The van der Waals surface area contributed by atoms with Crippen LogP contribution >= 0.6 is 11.8 Å². The Morgan fingerprint density at radius 1 is 1.00 bits per heavy atom. The molecule has 1 heterocycles. The van der Waals surface area contributed by atoms with Crippen molar-refractivity contribution in [1.29, 1.82) is 0 Å². The van der Waals surface area contributed by atoms with E-state index in [0.29, 0.717) is 11.6 Å². The lowest BCUT2D eigenvalue weighted by molar-refractivity contribution is 0.987. The van der Waals surface area contributed by atoms with Gasteiger partial charge in [-0.1, -0.05) is 24.3 Å². The Bertz CT molecular complexity index is 523. The van der Waals surface area contributed by atoms with Gasteiger partial charge in [-0.25, -0.2) is 0 Å². The number of thioether (sulfide) groups is 1. The highest BCUT2D eigenvalue weighted by atomic mass is 32.2. The van der Waals surface area contributed by atoms with E-state index in [1.54, 1.807) is 11.8 Å². The molecule has 4 N–H and O–H groups in total. The number of hydrogen-bond acceptors (Lipinski definition) is 6. The van der Waals surface area contributed by atoms with Gasteiger partial charge in [-0.15, -0.1) is 11.8 Å². The second kappa shape index (κ2) is 5.68. The predicted molar refractivity (Wildman–Crippen MR) is 74.8 cm³/mol. The topological polar surface area (TPSA) is 90.7 Å². The molecule has 94 valence electrons. The molecule has 6 heteroatoms. The summed E-state index contributed by atoms with van der Waals surface area (Å²) in [5.41, 5.74) is 13.6. The lowest BCUT2D eigenvalue weighted by Gasteiger charge is -2.05. The fraction of sp³-hybridized carbons (Fsp3) is 0.250. The molecular weight excluding hydrogens is 246 g/mol. The summed E-state index contributed by atoms with van der Waals surface area (Å²) in [6.45, 7) is 2.11. The van der Waals surface area contributed by atoms with Gasteiger partial charge in [-0.3, -0.25) is 0 Å². The van der Waals surface area contributed by atoms with Crippen molar-refractivity contribution in [2.75, 3.05) is 11.5 Å². The molecule has 2 rings (SSSR count). The van der Waals surface area contributed by atoms with E-state index in [9.17, 15) is 0 Å². The molecule has 0 unspecified atom stereocenters. The van der Waals surface area contributed by atoms with Gasteiger partial charge in [-0.05, 0) is 18.1 Å². The quantitative estimate of drug-likeness (QED) is 0.871. The third-order valence-corrected chi connectivity index (χ3v) is 3.44. The van der Waals surface area contributed by atoms with Gasteiger partial charge in [0, 0.05) is 5.75 Å². The molecule has 0 aliphatic carbocycles. The molecule has 0 aliphatic heterocycles. The minimum absolute atomic E-state index is 0.175. The summed E-state index contributed by atoms with van der Waals surface area (Å²) in [5, 5.41) is 0. The number of benzene rings is 1. The van der Waals surface area contributed by atoms with Crippen molar-refractivity contribution in [3.05, 3.63) is 41.2 Å².